The van der Waals surface area contributed by atoms with Crippen molar-refractivity contribution in [2.24, 2.45) is 5.14 Å². The standard InChI is InChI=1S/C11H17FN2O2S/c1-3-14(4-2)8-9-5-6-11(10(12)7-9)17(13,15)16/h5-7H,3-4,8H2,1-2H3,(H2,13,15,16). The van der Waals surface area contributed by atoms with Gasteiger partial charge in [0.05, 0.1) is 0 Å². The van der Waals surface area contributed by atoms with Crippen molar-refractivity contribution in [2.45, 2.75) is 25.3 Å². The van der Waals surface area contributed by atoms with Gasteiger partial charge < -0.3 is 0 Å². The van der Waals surface area contributed by atoms with Gasteiger partial charge in [0, 0.05) is 6.54 Å². The second-order valence-corrected chi connectivity index (χ2v) is 5.30. The molecule has 0 aliphatic rings. The van der Waals surface area contributed by atoms with Crippen LogP contribution in [0, 0.1) is 5.82 Å². The Balaban J connectivity index is 2.97. The Labute approximate surface area is 101 Å². The second-order valence-electron chi connectivity index (χ2n) is 3.77. The van der Waals surface area contributed by atoms with Crippen LogP contribution in [-0.2, 0) is 16.6 Å². The van der Waals surface area contributed by atoms with E-state index in [1.54, 1.807) is 6.07 Å². The summed E-state index contributed by atoms with van der Waals surface area (Å²) in [7, 11) is -3.98. The third-order valence-electron chi connectivity index (χ3n) is 2.60. The van der Waals surface area contributed by atoms with Gasteiger partial charge in [-0.1, -0.05) is 19.9 Å². The first-order valence-electron chi connectivity index (χ1n) is 5.42. The van der Waals surface area contributed by atoms with Crippen LogP contribution in [0.25, 0.3) is 0 Å². The summed E-state index contributed by atoms with van der Waals surface area (Å²) in [5, 5.41) is 4.88. The number of rotatable bonds is 5. The molecule has 2 N–H and O–H groups in total. The van der Waals surface area contributed by atoms with Crippen LogP contribution in [0.4, 0.5) is 4.39 Å². The summed E-state index contributed by atoms with van der Waals surface area (Å²) >= 11 is 0. The summed E-state index contributed by atoms with van der Waals surface area (Å²) in [6, 6.07) is 4.02. The zero-order valence-corrected chi connectivity index (χ0v) is 10.8. The third kappa shape index (κ3) is 3.76. The van der Waals surface area contributed by atoms with Crippen LogP contribution in [0.3, 0.4) is 0 Å². The molecule has 0 heterocycles. The molecule has 17 heavy (non-hydrogen) atoms. The van der Waals surface area contributed by atoms with Gasteiger partial charge in [-0.25, -0.2) is 17.9 Å². The SMILES string of the molecule is CCN(CC)Cc1ccc(S(N)(=O)=O)c(F)c1. The van der Waals surface area contributed by atoms with Crippen molar-refractivity contribution in [1.29, 1.82) is 0 Å². The van der Waals surface area contributed by atoms with Gasteiger partial charge in [-0.2, -0.15) is 0 Å². The second kappa shape index (κ2) is 5.57. The zero-order chi connectivity index (χ0) is 13.1. The van der Waals surface area contributed by atoms with E-state index in [9.17, 15) is 12.8 Å². The molecule has 0 amide bonds. The molecular weight excluding hydrogens is 243 g/mol. The molecule has 0 aromatic heterocycles. The van der Waals surface area contributed by atoms with Crippen LogP contribution in [-0.4, -0.2) is 26.4 Å². The fourth-order valence-corrected chi connectivity index (χ4v) is 2.17. The molecule has 0 saturated heterocycles. The molecule has 0 aliphatic heterocycles. The van der Waals surface area contributed by atoms with Crippen molar-refractivity contribution >= 4 is 10.0 Å². The minimum Gasteiger partial charge on any atom is -0.300 e. The molecule has 1 aromatic rings. The van der Waals surface area contributed by atoms with Crippen LogP contribution < -0.4 is 5.14 Å². The average Bonchev–Trinajstić information content (AvgIpc) is 2.24. The summed E-state index contributed by atoms with van der Waals surface area (Å²) < 4.78 is 35.6. The Bertz CT molecular complexity index is 484. The number of nitrogens with zero attached hydrogens (tertiary/aromatic N) is 1. The van der Waals surface area contributed by atoms with Gasteiger partial charge in [-0.15, -0.1) is 0 Å². The van der Waals surface area contributed by atoms with Gasteiger partial charge in [0.25, 0.3) is 0 Å². The highest BCUT2D eigenvalue weighted by atomic mass is 32.2. The molecule has 6 heteroatoms. The minimum atomic E-state index is -3.98. The molecule has 0 saturated carbocycles. The summed E-state index contributed by atoms with van der Waals surface area (Å²) in [5.41, 5.74) is 0.735. The van der Waals surface area contributed by atoms with Crippen LogP contribution in [0.1, 0.15) is 19.4 Å². The first-order valence-corrected chi connectivity index (χ1v) is 6.96. The summed E-state index contributed by atoms with van der Waals surface area (Å²) in [4.78, 5) is 1.64. The molecule has 0 unspecified atom stereocenters. The van der Waals surface area contributed by atoms with Gasteiger partial charge >= 0.3 is 0 Å². The Morgan fingerprint density at radius 3 is 2.29 bits per heavy atom. The first-order chi connectivity index (χ1) is 7.88. The summed E-state index contributed by atoms with van der Waals surface area (Å²) in [6.07, 6.45) is 0. The molecule has 0 bridgehead atoms. The molecule has 4 nitrogen and oxygen atoms in total. The van der Waals surface area contributed by atoms with Gasteiger partial charge in [0.2, 0.25) is 10.0 Å². The van der Waals surface area contributed by atoms with E-state index in [2.05, 4.69) is 4.90 Å². The van der Waals surface area contributed by atoms with Crippen LogP contribution in [0.15, 0.2) is 23.1 Å². The van der Waals surface area contributed by atoms with Crippen molar-refractivity contribution < 1.29 is 12.8 Å². The summed E-state index contributed by atoms with van der Waals surface area (Å²) in [6.45, 7) is 6.33. The lowest BCUT2D eigenvalue weighted by Gasteiger charge is -2.18. The molecule has 0 spiro atoms. The van der Waals surface area contributed by atoms with E-state index in [1.807, 2.05) is 13.8 Å². The Kier molecular flexibility index (Phi) is 4.62. The molecular formula is C11H17FN2O2S. The lowest BCUT2D eigenvalue weighted by molar-refractivity contribution is 0.295. The fraction of sp³-hybridized carbons (Fsp3) is 0.455. The quantitative estimate of drug-likeness (QED) is 0.868. The predicted octanol–water partition coefficient (Wildman–Crippen LogP) is 1.31. The Morgan fingerprint density at radius 1 is 1.29 bits per heavy atom. The number of hydrogen-bond acceptors (Lipinski definition) is 3. The van der Waals surface area contributed by atoms with E-state index in [0.717, 1.165) is 18.7 Å². The van der Waals surface area contributed by atoms with Crippen LogP contribution >= 0.6 is 0 Å². The molecule has 96 valence electrons. The molecule has 0 aliphatic carbocycles. The van der Waals surface area contributed by atoms with Crippen molar-refractivity contribution in [2.75, 3.05) is 13.1 Å². The normalized spacial score (nSPS) is 12.1. The van der Waals surface area contributed by atoms with E-state index in [-0.39, 0.29) is 0 Å². The van der Waals surface area contributed by atoms with Gasteiger partial charge in [-0.3, -0.25) is 4.90 Å². The van der Waals surface area contributed by atoms with E-state index in [4.69, 9.17) is 5.14 Å². The molecule has 0 atom stereocenters. The average molecular weight is 260 g/mol. The first kappa shape index (κ1) is 14.1. The highest BCUT2D eigenvalue weighted by molar-refractivity contribution is 7.89. The maximum atomic E-state index is 13.5. The number of sulfonamides is 1. The monoisotopic (exact) mass is 260 g/mol. The molecule has 0 radical (unpaired) electrons. The summed E-state index contributed by atoms with van der Waals surface area (Å²) in [5.74, 6) is -0.794. The van der Waals surface area contributed by atoms with Crippen molar-refractivity contribution in [3.05, 3.63) is 29.6 Å². The third-order valence-corrected chi connectivity index (χ3v) is 3.55. The number of benzene rings is 1. The zero-order valence-electron chi connectivity index (χ0n) is 9.98. The Hall–Kier alpha value is -0.980. The van der Waals surface area contributed by atoms with E-state index in [0.29, 0.717) is 6.54 Å². The molecule has 1 aromatic carbocycles. The van der Waals surface area contributed by atoms with Crippen LogP contribution in [0.5, 0.6) is 0 Å². The van der Waals surface area contributed by atoms with E-state index >= 15 is 0 Å². The van der Waals surface area contributed by atoms with E-state index < -0.39 is 20.7 Å². The largest absolute Gasteiger partial charge is 0.300 e. The van der Waals surface area contributed by atoms with Gasteiger partial charge in [0.1, 0.15) is 10.7 Å². The Morgan fingerprint density at radius 2 is 1.88 bits per heavy atom. The topological polar surface area (TPSA) is 63.4 Å². The van der Waals surface area contributed by atoms with Gasteiger partial charge in [-0.05, 0) is 30.8 Å². The number of primary sulfonamides is 1. The van der Waals surface area contributed by atoms with E-state index in [1.165, 1.54) is 12.1 Å². The predicted molar refractivity (Wildman–Crippen MR) is 64.4 cm³/mol. The maximum absolute atomic E-state index is 13.5. The van der Waals surface area contributed by atoms with Crippen molar-refractivity contribution in [3.63, 3.8) is 0 Å². The smallest absolute Gasteiger partial charge is 0.240 e. The highest BCUT2D eigenvalue weighted by Gasteiger charge is 2.14. The van der Waals surface area contributed by atoms with Crippen LogP contribution in [0.2, 0.25) is 0 Å². The van der Waals surface area contributed by atoms with Gasteiger partial charge in [0.15, 0.2) is 0 Å². The molecule has 0 fully saturated rings. The highest BCUT2D eigenvalue weighted by Crippen LogP contribution is 2.15. The maximum Gasteiger partial charge on any atom is 0.240 e. The molecule has 1 rings (SSSR count). The number of halogens is 1. The van der Waals surface area contributed by atoms with Crippen molar-refractivity contribution in [1.82, 2.24) is 4.90 Å². The minimum absolute atomic E-state index is 0.458. The number of hydrogen-bond donors (Lipinski definition) is 1. The lowest BCUT2D eigenvalue weighted by atomic mass is 10.2. The fourth-order valence-electron chi connectivity index (χ4n) is 1.58. The van der Waals surface area contributed by atoms with Crippen molar-refractivity contribution in [3.8, 4) is 0 Å². The lowest BCUT2D eigenvalue weighted by Crippen LogP contribution is -2.22. The number of nitrogens with two attached hydrogens (primary N) is 1.